The minimum absolute atomic E-state index is 0.0341. The molecule has 43 heavy (non-hydrogen) atoms. The number of hydrogen-bond donors (Lipinski definition) is 2. The van der Waals surface area contributed by atoms with Gasteiger partial charge in [0.15, 0.2) is 0 Å². The molecule has 0 saturated carbocycles. The van der Waals surface area contributed by atoms with Gasteiger partial charge in [0.25, 0.3) is 5.91 Å². The fraction of sp³-hybridized carbons (Fsp3) is 0.457. The van der Waals surface area contributed by atoms with Gasteiger partial charge in [0.2, 0.25) is 0 Å². The summed E-state index contributed by atoms with van der Waals surface area (Å²) in [4.78, 5) is 27.9. The Morgan fingerprint density at radius 1 is 1.00 bits per heavy atom. The Balaban J connectivity index is 1.20. The number of anilines is 3. The lowest BCUT2D eigenvalue weighted by molar-refractivity contribution is -0.117. The van der Waals surface area contributed by atoms with Crippen LogP contribution in [-0.2, 0) is 11.3 Å². The molecule has 1 fully saturated rings. The van der Waals surface area contributed by atoms with Gasteiger partial charge in [-0.25, -0.2) is 9.97 Å². The molecule has 1 aromatic carbocycles. The molecule has 1 amide bonds. The maximum absolute atomic E-state index is 13.2. The second kappa shape index (κ2) is 13.5. The molecule has 2 unspecified atom stereocenters. The summed E-state index contributed by atoms with van der Waals surface area (Å²) >= 11 is 1.75. The fourth-order valence-electron chi connectivity index (χ4n) is 5.96. The summed E-state index contributed by atoms with van der Waals surface area (Å²) < 4.78 is 0. The van der Waals surface area contributed by atoms with Crippen molar-refractivity contribution in [1.82, 2.24) is 20.2 Å². The van der Waals surface area contributed by atoms with E-state index in [2.05, 4.69) is 108 Å². The number of benzene rings is 1. The molecular weight excluding hydrogens is 552 g/mol. The highest BCUT2D eigenvalue weighted by Crippen LogP contribution is 2.43. The Labute approximate surface area is 261 Å². The number of hydrogen-bond acceptors (Lipinski definition) is 7. The zero-order valence-corrected chi connectivity index (χ0v) is 27.3. The van der Waals surface area contributed by atoms with Crippen molar-refractivity contribution in [3.8, 4) is 11.1 Å². The number of allylic oxidation sites excluding steroid dienone is 1. The van der Waals surface area contributed by atoms with Crippen LogP contribution in [0.5, 0.6) is 0 Å². The van der Waals surface area contributed by atoms with Crippen molar-refractivity contribution < 1.29 is 4.79 Å². The highest BCUT2D eigenvalue weighted by molar-refractivity contribution is 8.04. The lowest BCUT2D eigenvalue weighted by atomic mass is 9.83. The first-order valence-electron chi connectivity index (χ1n) is 15.4. The number of likely N-dealkylation sites (N-methyl/N-ethyl adjacent to an activating group) is 1. The number of aryl methyl sites for hydroxylation is 1. The molecule has 0 spiro atoms. The molecular formula is C35H46N6OS. The molecule has 4 heterocycles. The smallest absolute Gasteiger partial charge is 0.257 e. The summed E-state index contributed by atoms with van der Waals surface area (Å²) in [5.74, 6) is 2.14. The lowest BCUT2D eigenvalue weighted by Gasteiger charge is -2.34. The maximum atomic E-state index is 13.2. The molecule has 2 atom stereocenters. The number of aromatic nitrogens is 2. The molecule has 2 aliphatic heterocycles. The zero-order valence-electron chi connectivity index (χ0n) is 26.5. The van der Waals surface area contributed by atoms with Crippen LogP contribution in [0.25, 0.3) is 11.1 Å². The first kappa shape index (κ1) is 31.1. The van der Waals surface area contributed by atoms with E-state index in [4.69, 9.17) is 0 Å². The maximum Gasteiger partial charge on any atom is 0.257 e. The molecule has 228 valence electrons. The Kier molecular flexibility index (Phi) is 9.77. The Morgan fingerprint density at radius 3 is 2.47 bits per heavy atom. The van der Waals surface area contributed by atoms with Crippen molar-refractivity contribution in [2.24, 2.45) is 11.3 Å². The topological polar surface area (TPSA) is 73.4 Å². The van der Waals surface area contributed by atoms with E-state index < -0.39 is 0 Å². The van der Waals surface area contributed by atoms with Gasteiger partial charge >= 0.3 is 0 Å². The van der Waals surface area contributed by atoms with Gasteiger partial charge in [-0.1, -0.05) is 52.0 Å². The number of pyridine rings is 2. The first-order valence-corrected chi connectivity index (χ1v) is 16.3. The van der Waals surface area contributed by atoms with Gasteiger partial charge in [0, 0.05) is 44.2 Å². The van der Waals surface area contributed by atoms with Crippen molar-refractivity contribution in [3.05, 3.63) is 77.0 Å². The predicted octanol–water partition coefficient (Wildman–Crippen LogP) is 7.03. The highest BCUT2D eigenvalue weighted by Gasteiger charge is 2.33. The van der Waals surface area contributed by atoms with E-state index in [-0.39, 0.29) is 11.3 Å². The minimum Gasteiger partial charge on any atom is -0.368 e. The third kappa shape index (κ3) is 7.98. The van der Waals surface area contributed by atoms with Crippen LogP contribution in [-0.4, -0.2) is 59.3 Å². The third-order valence-corrected chi connectivity index (χ3v) is 10.6. The Morgan fingerprint density at radius 2 is 1.77 bits per heavy atom. The second-order valence-corrected chi connectivity index (χ2v) is 14.3. The van der Waals surface area contributed by atoms with E-state index in [9.17, 15) is 4.79 Å². The predicted molar refractivity (Wildman–Crippen MR) is 181 cm³/mol. The van der Waals surface area contributed by atoms with Crippen molar-refractivity contribution in [3.63, 3.8) is 0 Å². The van der Waals surface area contributed by atoms with Crippen LogP contribution in [0.4, 0.5) is 17.3 Å². The average Bonchev–Trinajstić information content (AvgIpc) is 3.19. The van der Waals surface area contributed by atoms with Crippen LogP contribution >= 0.6 is 11.8 Å². The van der Waals surface area contributed by atoms with Crippen LogP contribution in [0.15, 0.2) is 65.8 Å². The molecule has 5 rings (SSSR count). The van der Waals surface area contributed by atoms with Crippen LogP contribution in [0, 0.1) is 18.3 Å². The number of piperazine rings is 1. The van der Waals surface area contributed by atoms with Gasteiger partial charge in [0.1, 0.15) is 11.6 Å². The summed E-state index contributed by atoms with van der Waals surface area (Å²) in [5, 5.41) is 6.96. The monoisotopic (exact) mass is 598 g/mol. The van der Waals surface area contributed by atoms with Gasteiger partial charge in [-0.05, 0) is 84.7 Å². The molecule has 3 aromatic rings. The second-order valence-electron chi connectivity index (χ2n) is 13.1. The number of nitrogens with zero attached hydrogens (tertiary/aromatic N) is 4. The summed E-state index contributed by atoms with van der Waals surface area (Å²) in [5.41, 5.74) is 5.76. The van der Waals surface area contributed by atoms with Crippen molar-refractivity contribution >= 4 is 35.0 Å². The summed E-state index contributed by atoms with van der Waals surface area (Å²) in [7, 11) is 2.16. The van der Waals surface area contributed by atoms with Crippen LogP contribution in [0.2, 0.25) is 0 Å². The van der Waals surface area contributed by atoms with Crippen LogP contribution in [0.3, 0.4) is 0 Å². The minimum atomic E-state index is 0.0341. The summed E-state index contributed by atoms with van der Waals surface area (Å²) in [6.07, 6.45) is 7.97. The number of amides is 1. The van der Waals surface area contributed by atoms with Crippen LogP contribution in [0.1, 0.15) is 51.7 Å². The van der Waals surface area contributed by atoms with E-state index >= 15 is 0 Å². The summed E-state index contributed by atoms with van der Waals surface area (Å²) in [6, 6.07) is 14.6. The number of rotatable bonds is 7. The normalized spacial score (nSPS) is 19.9. The number of carbonyl (C=O) groups excluding carboxylic acids is 1. The SMILES string of the molecule is Cc1cc(-c2ccnc(Nc3ccc(N4CCN(C)CC4)cn3)c2)ccc1CNC(=O)C1=CCCC(C)C(C(C)(C)C)S1. The van der Waals surface area contributed by atoms with Crippen LogP contribution < -0.4 is 15.5 Å². The van der Waals surface area contributed by atoms with Crippen molar-refractivity contribution in [2.75, 3.05) is 43.4 Å². The molecule has 1 saturated heterocycles. The molecule has 2 aromatic heterocycles. The largest absolute Gasteiger partial charge is 0.368 e. The third-order valence-electron chi connectivity index (χ3n) is 8.55. The van der Waals surface area contributed by atoms with Gasteiger partial charge in [-0.15, -0.1) is 11.8 Å². The lowest BCUT2D eigenvalue weighted by Crippen LogP contribution is -2.44. The molecule has 0 aliphatic carbocycles. The van der Waals surface area contributed by atoms with Gasteiger partial charge in [-0.3, -0.25) is 4.79 Å². The Hall–Kier alpha value is -3.36. The van der Waals surface area contributed by atoms with Crippen molar-refractivity contribution in [1.29, 1.82) is 0 Å². The van der Waals surface area contributed by atoms with Gasteiger partial charge < -0.3 is 20.4 Å². The molecule has 0 radical (unpaired) electrons. The quantitative estimate of drug-likeness (QED) is 0.303. The molecule has 0 bridgehead atoms. The number of thioether (sulfide) groups is 1. The highest BCUT2D eigenvalue weighted by atomic mass is 32.2. The fourth-order valence-corrected chi connectivity index (χ4v) is 7.35. The van der Waals surface area contributed by atoms with Gasteiger partial charge in [-0.2, -0.15) is 0 Å². The number of carbonyl (C=O) groups is 1. The zero-order chi connectivity index (χ0) is 30.6. The standard InChI is InChI=1S/C35H46N6OS/c1-24-8-7-9-30(43-33(24)35(3,4)5)34(42)38-22-28-11-10-26(20-25(28)2)27-14-15-36-32(21-27)39-31-13-12-29(23-37-31)41-18-16-40(6)17-19-41/h9-15,20-21,23-24,33H,7-8,16-19,22H2,1-6H3,(H,38,42)(H,36,37,39). The average molecular weight is 599 g/mol. The Bertz CT molecular complexity index is 1440. The van der Waals surface area contributed by atoms with E-state index in [1.807, 2.05) is 24.5 Å². The summed E-state index contributed by atoms with van der Waals surface area (Å²) in [6.45, 7) is 15.9. The molecule has 7 nitrogen and oxygen atoms in total. The molecule has 8 heteroatoms. The van der Waals surface area contributed by atoms with E-state index in [0.717, 1.165) is 83.5 Å². The van der Waals surface area contributed by atoms with E-state index in [0.29, 0.717) is 17.7 Å². The van der Waals surface area contributed by atoms with E-state index in [1.54, 1.807) is 11.8 Å². The van der Waals surface area contributed by atoms with Gasteiger partial charge in [0.05, 0.1) is 16.8 Å². The van der Waals surface area contributed by atoms with E-state index in [1.165, 1.54) is 0 Å². The first-order chi connectivity index (χ1) is 20.6. The van der Waals surface area contributed by atoms with Crippen molar-refractivity contribution in [2.45, 2.75) is 59.3 Å². The molecule has 2 aliphatic rings. The number of nitrogens with one attached hydrogen (secondary N) is 2. The molecule has 2 N–H and O–H groups in total.